The quantitative estimate of drug-likeness (QED) is 0.873. The van der Waals surface area contributed by atoms with Crippen molar-refractivity contribution in [3.63, 3.8) is 0 Å². The van der Waals surface area contributed by atoms with Gasteiger partial charge in [-0.3, -0.25) is 4.79 Å². The second-order valence-electron chi connectivity index (χ2n) is 6.30. The summed E-state index contributed by atoms with van der Waals surface area (Å²) in [5, 5.41) is 3.79. The Morgan fingerprint density at radius 1 is 1.38 bits per heavy atom. The number of halogens is 2. The lowest BCUT2D eigenvalue weighted by Crippen LogP contribution is -2.38. The van der Waals surface area contributed by atoms with Gasteiger partial charge in [0.25, 0.3) is 5.91 Å². The summed E-state index contributed by atoms with van der Waals surface area (Å²) in [7, 11) is 1.97. The van der Waals surface area contributed by atoms with Crippen molar-refractivity contribution < 1.29 is 9.18 Å². The maximum absolute atomic E-state index is 14.0. The minimum absolute atomic E-state index is 0. The van der Waals surface area contributed by atoms with Crippen LogP contribution in [0.5, 0.6) is 0 Å². The van der Waals surface area contributed by atoms with E-state index in [4.69, 9.17) is 0 Å². The first-order valence-corrected chi connectivity index (χ1v) is 9.05. The molecule has 1 aliphatic heterocycles. The van der Waals surface area contributed by atoms with Crippen LogP contribution in [-0.2, 0) is 0 Å². The summed E-state index contributed by atoms with van der Waals surface area (Å²) in [6.45, 7) is 4.51. The average molecular weight is 371 g/mol. The molecule has 24 heavy (non-hydrogen) atoms. The van der Waals surface area contributed by atoms with Gasteiger partial charge in [-0.15, -0.1) is 23.7 Å². The van der Waals surface area contributed by atoms with E-state index in [2.05, 4.69) is 5.32 Å². The number of aryl methyl sites for hydroxylation is 1. The Hall–Kier alpha value is -1.17. The molecular weight excluding hydrogens is 347 g/mol. The number of rotatable bonds is 4. The van der Waals surface area contributed by atoms with Crippen LogP contribution in [0.15, 0.2) is 18.2 Å². The normalized spacial score (nSPS) is 15.5. The third-order valence-corrected chi connectivity index (χ3v) is 6.05. The van der Waals surface area contributed by atoms with E-state index in [0.29, 0.717) is 16.2 Å². The molecule has 1 N–H and O–H groups in total. The summed E-state index contributed by atoms with van der Waals surface area (Å²) < 4.78 is 14.9. The summed E-state index contributed by atoms with van der Waals surface area (Å²) in [6.07, 6.45) is 3.29. The van der Waals surface area contributed by atoms with Crippen molar-refractivity contribution in [3.05, 3.63) is 34.5 Å². The van der Waals surface area contributed by atoms with Gasteiger partial charge in [0.15, 0.2) is 0 Å². The van der Waals surface area contributed by atoms with Crippen LogP contribution in [0, 0.1) is 18.7 Å². The number of hydrogen-bond acceptors (Lipinski definition) is 3. The minimum Gasteiger partial charge on any atom is -0.338 e. The average Bonchev–Trinajstić information content (AvgIpc) is 2.91. The first-order chi connectivity index (χ1) is 11.1. The summed E-state index contributed by atoms with van der Waals surface area (Å²) in [5.74, 6) is 0.531. The highest BCUT2D eigenvalue weighted by molar-refractivity contribution is 7.21. The van der Waals surface area contributed by atoms with Gasteiger partial charge in [-0.25, -0.2) is 4.39 Å². The molecule has 6 heteroatoms. The number of thiophene rings is 1. The van der Waals surface area contributed by atoms with Crippen molar-refractivity contribution in [1.29, 1.82) is 0 Å². The third-order valence-electron chi connectivity index (χ3n) is 4.80. The zero-order chi connectivity index (χ0) is 16.4. The van der Waals surface area contributed by atoms with Gasteiger partial charge in [0.2, 0.25) is 0 Å². The fourth-order valence-electron chi connectivity index (χ4n) is 3.37. The zero-order valence-corrected chi connectivity index (χ0v) is 15.7. The number of nitrogens with one attached hydrogen (secondary N) is 1. The van der Waals surface area contributed by atoms with Crippen molar-refractivity contribution in [2.24, 2.45) is 5.92 Å². The molecule has 1 saturated heterocycles. The molecule has 3 rings (SSSR count). The van der Waals surface area contributed by atoms with Crippen LogP contribution in [0.3, 0.4) is 0 Å². The van der Waals surface area contributed by atoms with Gasteiger partial charge < -0.3 is 10.2 Å². The van der Waals surface area contributed by atoms with E-state index in [0.717, 1.165) is 42.7 Å². The van der Waals surface area contributed by atoms with Gasteiger partial charge >= 0.3 is 0 Å². The van der Waals surface area contributed by atoms with Gasteiger partial charge in [-0.1, -0.05) is 6.07 Å². The molecule has 0 bridgehead atoms. The fourth-order valence-corrected chi connectivity index (χ4v) is 4.56. The lowest BCUT2D eigenvalue weighted by molar-refractivity contribution is 0.0691. The smallest absolute Gasteiger partial charge is 0.264 e. The zero-order valence-electron chi connectivity index (χ0n) is 14.1. The molecule has 0 atom stereocenters. The van der Waals surface area contributed by atoms with Crippen molar-refractivity contribution >= 4 is 39.7 Å². The first kappa shape index (κ1) is 19.2. The first-order valence-electron chi connectivity index (χ1n) is 8.23. The standard InChI is InChI=1S/C18H23FN2OS.ClH/c1-12-16-14(19)4-3-5-15(16)23-17(12)18(22)21-10-7-13(8-11-21)6-9-20-2;/h3-5,13,20H,6-11H2,1-2H3;1H. The molecular formula is C18H24ClFN2OS. The molecule has 132 valence electrons. The maximum Gasteiger partial charge on any atom is 0.264 e. The number of piperidine rings is 1. The second kappa shape index (κ2) is 8.28. The van der Waals surface area contributed by atoms with Crippen LogP contribution >= 0.6 is 23.7 Å². The third kappa shape index (κ3) is 3.73. The predicted molar refractivity (Wildman–Crippen MR) is 101 cm³/mol. The molecule has 1 amide bonds. The van der Waals surface area contributed by atoms with Gasteiger partial charge in [0, 0.05) is 23.2 Å². The topological polar surface area (TPSA) is 32.3 Å². The predicted octanol–water partition coefficient (Wildman–Crippen LogP) is 4.23. The van der Waals surface area contributed by atoms with Crippen LogP contribution in [0.25, 0.3) is 10.1 Å². The number of carbonyl (C=O) groups is 1. The second-order valence-corrected chi connectivity index (χ2v) is 7.35. The minimum atomic E-state index is -0.235. The van der Waals surface area contributed by atoms with Crippen LogP contribution in [0.2, 0.25) is 0 Å². The molecule has 1 aromatic carbocycles. The van der Waals surface area contributed by atoms with Crippen molar-refractivity contribution in [2.45, 2.75) is 26.2 Å². The Morgan fingerprint density at radius 2 is 2.08 bits per heavy atom. The Labute approximate surface area is 152 Å². The van der Waals surface area contributed by atoms with Crippen LogP contribution < -0.4 is 5.32 Å². The largest absolute Gasteiger partial charge is 0.338 e. The molecule has 1 aliphatic rings. The molecule has 3 nitrogen and oxygen atoms in total. The molecule has 0 aliphatic carbocycles. The Morgan fingerprint density at radius 3 is 2.71 bits per heavy atom. The Bertz CT molecular complexity index is 710. The number of carbonyl (C=O) groups excluding carboxylic acids is 1. The highest BCUT2D eigenvalue weighted by atomic mass is 35.5. The highest BCUT2D eigenvalue weighted by Gasteiger charge is 2.26. The lowest BCUT2D eigenvalue weighted by atomic mass is 9.93. The molecule has 1 fully saturated rings. The van der Waals surface area contributed by atoms with E-state index in [9.17, 15) is 9.18 Å². The summed E-state index contributed by atoms with van der Waals surface area (Å²) in [4.78, 5) is 15.5. The van der Waals surface area contributed by atoms with Crippen molar-refractivity contribution in [3.8, 4) is 0 Å². The summed E-state index contributed by atoms with van der Waals surface area (Å²) in [6, 6.07) is 5.05. The number of fused-ring (bicyclic) bond motifs is 1. The summed E-state index contributed by atoms with van der Waals surface area (Å²) in [5.41, 5.74) is 0.783. The molecule has 0 saturated carbocycles. The number of nitrogens with zero attached hydrogens (tertiary/aromatic N) is 1. The molecule has 0 spiro atoms. The van der Waals surface area contributed by atoms with E-state index < -0.39 is 0 Å². The van der Waals surface area contributed by atoms with Crippen molar-refractivity contribution in [1.82, 2.24) is 10.2 Å². The molecule has 0 radical (unpaired) electrons. The number of likely N-dealkylation sites (tertiary alicyclic amines) is 1. The van der Waals surface area contributed by atoms with Gasteiger partial charge in [-0.2, -0.15) is 0 Å². The summed E-state index contributed by atoms with van der Waals surface area (Å²) >= 11 is 1.41. The number of hydrogen-bond donors (Lipinski definition) is 1. The van der Waals surface area contributed by atoms with Crippen molar-refractivity contribution in [2.75, 3.05) is 26.7 Å². The molecule has 0 unspecified atom stereocenters. The van der Waals surface area contributed by atoms with E-state index in [-0.39, 0.29) is 24.1 Å². The van der Waals surface area contributed by atoms with Gasteiger partial charge in [0.05, 0.1) is 4.88 Å². The van der Waals surface area contributed by atoms with E-state index in [1.807, 2.05) is 24.9 Å². The highest BCUT2D eigenvalue weighted by Crippen LogP contribution is 2.34. The van der Waals surface area contributed by atoms with E-state index in [1.165, 1.54) is 23.8 Å². The Kier molecular flexibility index (Phi) is 6.61. The Balaban J connectivity index is 0.00000208. The molecule has 1 aromatic heterocycles. The SMILES string of the molecule is CNCCC1CCN(C(=O)c2sc3cccc(F)c3c2C)CC1.Cl. The van der Waals surface area contributed by atoms with Crippen LogP contribution in [0.4, 0.5) is 4.39 Å². The fraction of sp³-hybridized carbons (Fsp3) is 0.500. The van der Waals surface area contributed by atoms with E-state index in [1.54, 1.807) is 6.07 Å². The number of benzene rings is 1. The van der Waals surface area contributed by atoms with Gasteiger partial charge in [0.1, 0.15) is 5.82 Å². The monoisotopic (exact) mass is 370 g/mol. The maximum atomic E-state index is 14.0. The van der Waals surface area contributed by atoms with Crippen LogP contribution in [-0.4, -0.2) is 37.5 Å². The molecule has 2 heterocycles. The van der Waals surface area contributed by atoms with E-state index >= 15 is 0 Å². The number of amides is 1. The van der Waals surface area contributed by atoms with Gasteiger partial charge in [-0.05, 0) is 63.4 Å². The lowest BCUT2D eigenvalue weighted by Gasteiger charge is -2.32. The van der Waals surface area contributed by atoms with Crippen LogP contribution in [0.1, 0.15) is 34.5 Å². The molecule has 2 aromatic rings.